The molecule has 2 aliphatic rings. The second-order valence-corrected chi connectivity index (χ2v) is 10.7. The van der Waals surface area contributed by atoms with Crippen molar-refractivity contribution in [3.63, 3.8) is 0 Å². The largest absolute Gasteiger partial charge is 0.507 e. The smallest absolute Gasteiger partial charge is 0.308 e. The minimum absolute atomic E-state index is 0.142. The first-order valence-electron chi connectivity index (χ1n) is 13.9. The molecule has 17 nitrogen and oxygen atoms in total. The molecule has 0 aliphatic carbocycles. The van der Waals surface area contributed by atoms with Gasteiger partial charge < -0.3 is 74.1 Å². The summed E-state index contributed by atoms with van der Waals surface area (Å²) in [5.41, 5.74) is -1.16. The average molecular weight is 653 g/mol. The Kier molecular flexibility index (Phi) is 9.80. The van der Waals surface area contributed by atoms with Crippen molar-refractivity contribution in [3.8, 4) is 34.3 Å². The van der Waals surface area contributed by atoms with Crippen LogP contribution in [-0.2, 0) is 14.3 Å². The number of carbonyl (C=O) groups excluding carboxylic acids is 1. The molecule has 2 saturated heterocycles. The Morgan fingerprint density at radius 2 is 1.30 bits per heavy atom. The standard InChI is InChI=1S/C29H32O17/c1-10(32)41-12-4-2-11(3-5-12)26-27(46-29-25(40)23(38)20(35)17(9-31)45-29)21(36)18-14(33)6-13(7-15(18)43-26)42-28-24(39)22(37)19(34)16(8-30)44-28/h2-7,16-17,19-20,22-25,28-31,33-35,37-40H,8-9H2,1H3/t16-,17-,19-,20-,22+,23+,24-,25-,28-,29+/m1/s1. The third-order valence-corrected chi connectivity index (χ3v) is 7.47. The van der Waals surface area contributed by atoms with E-state index in [0.717, 1.165) is 12.1 Å². The Morgan fingerprint density at radius 3 is 1.83 bits per heavy atom. The summed E-state index contributed by atoms with van der Waals surface area (Å²) < 4.78 is 33.0. The van der Waals surface area contributed by atoms with Gasteiger partial charge in [-0.1, -0.05) is 0 Å². The fraction of sp³-hybridized carbons (Fsp3) is 0.448. The highest BCUT2D eigenvalue weighted by Crippen LogP contribution is 2.38. The van der Waals surface area contributed by atoms with Gasteiger partial charge in [-0.25, -0.2) is 0 Å². The molecule has 1 aromatic heterocycles. The van der Waals surface area contributed by atoms with Crippen molar-refractivity contribution < 1.29 is 78.9 Å². The highest BCUT2D eigenvalue weighted by atomic mass is 16.7. The van der Waals surface area contributed by atoms with E-state index in [1.165, 1.54) is 31.2 Å². The van der Waals surface area contributed by atoms with E-state index in [-0.39, 0.29) is 28.4 Å². The number of phenols is 1. The van der Waals surface area contributed by atoms with Crippen LogP contribution in [0.3, 0.4) is 0 Å². The number of aromatic hydroxyl groups is 1. The molecule has 2 aliphatic heterocycles. The Morgan fingerprint density at radius 1 is 0.761 bits per heavy atom. The molecule has 3 heterocycles. The quantitative estimate of drug-likeness (QED) is 0.0894. The van der Waals surface area contributed by atoms with Crippen LogP contribution < -0.4 is 19.6 Å². The number of hydrogen-bond donors (Lipinski definition) is 9. The maximum absolute atomic E-state index is 13.8. The molecule has 17 heteroatoms. The fourth-order valence-electron chi connectivity index (χ4n) is 5.04. The molecule has 0 bridgehead atoms. The van der Waals surface area contributed by atoms with Gasteiger partial charge in [0.25, 0.3) is 0 Å². The lowest BCUT2D eigenvalue weighted by Crippen LogP contribution is -2.60. The molecule has 46 heavy (non-hydrogen) atoms. The highest BCUT2D eigenvalue weighted by molar-refractivity contribution is 5.88. The Labute approximate surface area is 258 Å². The third kappa shape index (κ3) is 6.38. The summed E-state index contributed by atoms with van der Waals surface area (Å²) in [6, 6.07) is 7.59. The van der Waals surface area contributed by atoms with Gasteiger partial charge in [-0.3, -0.25) is 9.59 Å². The minimum atomic E-state index is -1.91. The number of esters is 1. The van der Waals surface area contributed by atoms with Crippen LogP contribution in [0, 0.1) is 0 Å². The zero-order chi connectivity index (χ0) is 33.4. The molecule has 0 unspecified atom stereocenters. The van der Waals surface area contributed by atoms with Crippen LogP contribution in [0.25, 0.3) is 22.3 Å². The van der Waals surface area contributed by atoms with E-state index in [1.807, 2.05) is 0 Å². The number of ether oxygens (including phenoxy) is 5. The summed E-state index contributed by atoms with van der Waals surface area (Å²) in [6.07, 6.45) is -16.8. The number of fused-ring (bicyclic) bond motifs is 1. The molecule has 10 atom stereocenters. The molecule has 5 rings (SSSR count). The van der Waals surface area contributed by atoms with Crippen LogP contribution in [0.15, 0.2) is 45.6 Å². The SMILES string of the molecule is CC(=O)Oc1ccc(-c2oc3cc(O[C@@H]4O[C@H](CO)[C@@H](O)[C@H](O)[C@H]4O)cc(O)c3c(=O)c2O[C@@H]2O[C@H](CO)[C@@H](O)[C@H](O)[C@H]2O)cc1. The number of carbonyl (C=O) groups is 1. The fourth-order valence-corrected chi connectivity index (χ4v) is 5.04. The van der Waals surface area contributed by atoms with Crippen molar-refractivity contribution in [2.75, 3.05) is 13.2 Å². The van der Waals surface area contributed by atoms with E-state index in [0.29, 0.717) is 0 Å². The van der Waals surface area contributed by atoms with Crippen LogP contribution in [0.1, 0.15) is 6.92 Å². The zero-order valence-electron chi connectivity index (χ0n) is 23.9. The van der Waals surface area contributed by atoms with Crippen molar-refractivity contribution >= 4 is 16.9 Å². The van der Waals surface area contributed by atoms with Gasteiger partial charge in [-0.15, -0.1) is 0 Å². The Balaban J connectivity index is 1.59. The van der Waals surface area contributed by atoms with E-state index < -0.39 is 103 Å². The maximum atomic E-state index is 13.8. The first kappa shape index (κ1) is 33.5. The van der Waals surface area contributed by atoms with Crippen LogP contribution >= 0.6 is 0 Å². The normalized spacial score (nSPS) is 31.4. The summed E-state index contributed by atoms with van der Waals surface area (Å²) in [4.78, 5) is 25.2. The van der Waals surface area contributed by atoms with Crippen LogP contribution in [0.4, 0.5) is 0 Å². The van der Waals surface area contributed by atoms with Crippen molar-refractivity contribution in [2.24, 2.45) is 0 Å². The number of phenolic OH excluding ortho intramolecular Hbond substituents is 1. The number of rotatable bonds is 8. The van der Waals surface area contributed by atoms with Gasteiger partial charge in [-0.05, 0) is 24.3 Å². The lowest BCUT2D eigenvalue weighted by Gasteiger charge is -2.39. The van der Waals surface area contributed by atoms with E-state index in [9.17, 15) is 55.5 Å². The van der Waals surface area contributed by atoms with Crippen LogP contribution in [-0.4, -0.2) is 127 Å². The lowest BCUT2D eigenvalue weighted by molar-refractivity contribution is -0.277. The summed E-state index contributed by atoms with van der Waals surface area (Å²) in [6.45, 7) is -0.307. The number of aliphatic hydroxyl groups excluding tert-OH is 8. The zero-order valence-corrected chi connectivity index (χ0v) is 23.9. The predicted octanol–water partition coefficient (Wildman–Crippen LogP) is -2.55. The molecule has 0 spiro atoms. The van der Waals surface area contributed by atoms with E-state index in [4.69, 9.17) is 28.1 Å². The molecular weight excluding hydrogens is 620 g/mol. The second kappa shape index (κ2) is 13.5. The van der Waals surface area contributed by atoms with E-state index >= 15 is 0 Å². The van der Waals surface area contributed by atoms with Gasteiger partial charge in [0.15, 0.2) is 5.76 Å². The van der Waals surface area contributed by atoms with Crippen molar-refractivity contribution in [3.05, 3.63) is 46.6 Å². The summed E-state index contributed by atoms with van der Waals surface area (Å²) in [5, 5.41) is 90.8. The molecule has 3 aromatic rings. The molecule has 0 saturated carbocycles. The molecule has 2 fully saturated rings. The van der Waals surface area contributed by atoms with Crippen molar-refractivity contribution in [1.29, 1.82) is 0 Å². The Hall–Kier alpha value is -3.88. The van der Waals surface area contributed by atoms with Crippen molar-refractivity contribution in [1.82, 2.24) is 0 Å². The maximum Gasteiger partial charge on any atom is 0.308 e. The van der Waals surface area contributed by atoms with Crippen LogP contribution in [0.2, 0.25) is 0 Å². The van der Waals surface area contributed by atoms with Crippen LogP contribution in [0.5, 0.6) is 23.0 Å². The van der Waals surface area contributed by atoms with Gasteiger partial charge in [0.1, 0.15) is 77.0 Å². The van der Waals surface area contributed by atoms with Gasteiger partial charge in [0, 0.05) is 24.6 Å². The molecule has 9 N–H and O–H groups in total. The molecule has 250 valence electrons. The van der Waals surface area contributed by atoms with Gasteiger partial charge in [-0.2, -0.15) is 0 Å². The van der Waals surface area contributed by atoms with E-state index in [1.54, 1.807) is 0 Å². The molecule has 0 radical (unpaired) electrons. The minimum Gasteiger partial charge on any atom is -0.507 e. The van der Waals surface area contributed by atoms with Gasteiger partial charge >= 0.3 is 5.97 Å². The van der Waals surface area contributed by atoms with Gasteiger partial charge in [0.2, 0.25) is 23.8 Å². The monoisotopic (exact) mass is 652 g/mol. The van der Waals surface area contributed by atoms with E-state index in [2.05, 4.69) is 0 Å². The predicted molar refractivity (Wildman–Crippen MR) is 150 cm³/mol. The summed E-state index contributed by atoms with van der Waals surface area (Å²) >= 11 is 0. The first-order valence-corrected chi connectivity index (χ1v) is 13.9. The first-order chi connectivity index (χ1) is 21.8. The summed E-state index contributed by atoms with van der Waals surface area (Å²) in [7, 11) is 0. The molecule has 2 aromatic carbocycles. The topological polar surface area (TPSA) is 275 Å². The number of benzene rings is 2. The molecular formula is C29H32O17. The Bertz CT molecular complexity index is 1600. The molecule has 0 amide bonds. The third-order valence-electron chi connectivity index (χ3n) is 7.47. The van der Waals surface area contributed by atoms with Gasteiger partial charge in [0.05, 0.1) is 13.2 Å². The average Bonchev–Trinajstić information content (AvgIpc) is 3.02. The second-order valence-electron chi connectivity index (χ2n) is 10.7. The lowest BCUT2D eigenvalue weighted by atomic mass is 9.99. The summed E-state index contributed by atoms with van der Waals surface area (Å²) in [5.74, 6) is -2.36. The number of hydrogen-bond acceptors (Lipinski definition) is 17. The number of aliphatic hydroxyl groups is 8. The van der Waals surface area contributed by atoms with Crippen molar-refractivity contribution in [2.45, 2.75) is 68.3 Å². The highest BCUT2D eigenvalue weighted by Gasteiger charge is 2.46.